The number of hydrogen-bond donors (Lipinski definition) is 0. The van der Waals surface area contributed by atoms with Gasteiger partial charge in [-0.05, 0) is 25.0 Å². The number of para-hydroxylation sites is 2. The van der Waals surface area contributed by atoms with Gasteiger partial charge in [-0.2, -0.15) is 4.98 Å². The minimum absolute atomic E-state index is 0.0468. The van der Waals surface area contributed by atoms with Gasteiger partial charge < -0.3 is 18.9 Å². The molecule has 0 bridgehead atoms. The highest BCUT2D eigenvalue weighted by atomic mass is 16.6. The second kappa shape index (κ2) is 6.14. The molecule has 2 atom stereocenters. The molecule has 1 saturated heterocycles. The Hall–Kier alpha value is -2.57. The van der Waals surface area contributed by atoms with Gasteiger partial charge in [-0.1, -0.05) is 17.3 Å². The lowest BCUT2D eigenvalue weighted by Crippen LogP contribution is -2.49. The number of carbonyl (C=O) groups excluding carboxylic acids is 1. The average Bonchev–Trinajstić information content (AvgIpc) is 3.07. The summed E-state index contributed by atoms with van der Waals surface area (Å²) in [6, 6.07) is 7.40. The molecule has 2 aliphatic heterocycles. The molecule has 1 aromatic heterocycles. The Labute approximate surface area is 139 Å². The summed E-state index contributed by atoms with van der Waals surface area (Å²) < 4.78 is 16.5. The van der Waals surface area contributed by atoms with E-state index in [0.29, 0.717) is 36.3 Å². The van der Waals surface area contributed by atoms with E-state index in [-0.39, 0.29) is 18.4 Å². The van der Waals surface area contributed by atoms with E-state index in [4.69, 9.17) is 14.0 Å². The second-order valence-electron chi connectivity index (χ2n) is 6.16. The number of carbonyl (C=O) groups is 1. The fraction of sp³-hybridized carbons (Fsp3) is 0.471. The molecule has 126 valence electrons. The molecule has 0 N–H and O–H groups in total. The van der Waals surface area contributed by atoms with E-state index in [0.717, 1.165) is 12.8 Å². The molecule has 7 heteroatoms. The molecule has 0 radical (unpaired) electrons. The van der Waals surface area contributed by atoms with E-state index in [1.165, 1.54) is 0 Å². The highest BCUT2D eigenvalue weighted by Gasteiger charge is 2.34. The Morgan fingerprint density at radius 2 is 2.12 bits per heavy atom. The largest absolute Gasteiger partial charge is 0.485 e. The quantitative estimate of drug-likeness (QED) is 0.838. The van der Waals surface area contributed by atoms with E-state index in [1.54, 1.807) is 6.92 Å². The summed E-state index contributed by atoms with van der Waals surface area (Å²) in [6.07, 6.45) is 1.26. The molecule has 1 fully saturated rings. The van der Waals surface area contributed by atoms with Gasteiger partial charge in [0, 0.05) is 25.9 Å². The standard InChI is InChI=1S/C17H19N3O4/c1-11-18-16(19-24-11)12-5-4-8-20(9-12)17(21)15-10-22-13-6-2-3-7-14(13)23-15/h2-3,6-7,12,15H,4-5,8-10H2,1H3. The molecule has 0 saturated carbocycles. The minimum Gasteiger partial charge on any atom is -0.485 e. The van der Waals surface area contributed by atoms with Crippen molar-refractivity contribution in [2.24, 2.45) is 0 Å². The van der Waals surface area contributed by atoms with E-state index >= 15 is 0 Å². The van der Waals surface area contributed by atoms with Crippen LogP contribution in [-0.2, 0) is 4.79 Å². The molecular weight excluding hydrogens is 310 g/mol. The van der Waals surface area contributed by atoms with Crippen molar-refractivity contribution >= 4 is 5.91 Å². The normalized spacial score (nSPS) is 23.1. The second-order valence-corrected chi connectivity index (χ2v) is 6.16. The number of aromatic nitrogens is 2. The van der Waals surface area contributed by atoms with Crippen molar-refractivity contribution in [2.75, 3.05) is 19.7 Å². The zero-order chi connectivity index (χ0) is 16.5. The molecule has 1 amide bonds. The van der Waals surface area contributed by atoms with Crippen molar-refractivity contribution in [2.45, 2.75) is 31.8 Å². The lowest BCUT2D eigenvalue weighted by molar-refractivity contribution is -0.142. The van der Waals surface area contributed by atoms with Gasteiger partial charge in [-0.25, -0.2) is 0 Å². The molecule has 24 heavy (non-hydrogen) atoms. The number of benzene rings is 1. The van der Waals surface area contributed by atoms with Crippen molar-refractivity contribution in [1.82, 2.24) is 15.0 Å². The van der Waals surface area contributed by atoms with Crippen molar-refractivity contribution in [3.8, 4) is 11.5 Å². The summed E-state index contributed by atoms with van der Waals surface area (Å²) in [4.78, 5) is 18.9. The molecule has 0 spiro atoms. The third-order valence-electron chi connectivity index (χ3n) is 4.43. The summed E-state index contributed by atoms with van der Waals surface area (Å²) in [5.74, 6) is 2.58. The highest BCUT2D eigenvalue weighted by Crippen LogP contribution is 2.32. The Bertz CT molecular complexity index is 745. The molecular formula is C17H19N3O4. The van der Waals surface area contributed by atoms with E-state index in [2.05, 4.69) is 10.1 Å². The number of fused-ring (bicyclic) bond motifs is 1. The van der Waals surface area contributed by atoms with Crippen molar-refractivity contribution in [1.29, 1.82) is 0 Å². The van der Waals surface area contributed by atoms with E-state index < -0.39 is 6.10 Å². The van der Waals surface area contributed by atoms with Crippen molar-refractivity contribution in [3.63, 3.8) is 0 Å². The maximum Gasteiger partial charge on any atom is 0.267 e. The summed E-state index contributed by atoms with van der Waals surface area (Å²) in [5, 5.41) is 4.00. The van der Waals surface area contributed by atoms with Crippen LogP contribution in [0.25, 0.3) is 0 Å². The van der Waals surface area contributed by atoms with Crippen LogP contribution in [0.3, 0.4) is 0 Å². The van der Waals surface area contributed by atoms with Crippen molar-refractivity contribution < 1.29 is 18.8 Å². The molecule has 2 aliphatic rings. The fourth-order valence-corrected chi connectivity index (χ4v) is 3.21. The Morgan fingerprint density at radius 3 is 2.92 bits per heavy atom. The van der Waals surface area contributed by atoms with Crippen LogP contribution in [0.1, 0.15) is 30.5 Å². The molecule has 2 aromatic rings. The maximum atomic E-state index is 12.8. The molecule has 7 nitrogen and oxygen atoms in total. The van der Waals surface area contributed by atoms with E-state index in [9.17, 15) is 4.79 Å². The lowest BCUT2D eigenvalue weighted by atomic mass is 9.97. The number of rotatable bonds is 2. The SMILES string of the molecule is Cc1nc(C2CCCN(C(=O)C3COc4ccccc4O3)C2)no1. The first-order valence-electron chi connectivity index (χ1n) is 8.18. The summed E-state index contributed by atoms with van der Waals surface area (Å²) >= 11 is 0. The topological polar surface area (TPSA) is 77.7 Å². The number of amides is 1. The Balaban J connectivity index is 1.45. The van der Waals surface area contributed by atoms with Gasteiger partial charge in [0.15, 0.2) is 17.3 Å². The Morgan fingerprint density at radius 1 is 1.29 bits per heavy atom. The Kier molecular flexibility index (Phi) is 3.84. The average molecular weight is 329 g/mol. The predicted octanol–water partition coefficient (Wildman–Crippen LogP) is 1.92. The van der Waals surface area contributed by atoms with Crippen LogP contribution in [0.4, 0.5) is 0 Å². The zero-order valence-electron chi connectivity index (χ0n) is 13.5. The van der Waals surface area contributed by atoms with Crippen molar-refractivity contribution in [3.05, 3.63) is 36.0 Å². The highest BCUT2D eigenvalue weighted by molar-refractivity contribution is 5.82. The molecule has 1 aromatic carbocycles. The predicted molar refractivity (Wildman–Crippen MR) is 83.9 cm³/mol. The first-order chi connectivity index (χ1) is 11.7. The van der Waals surface area contributed by atoms with Crippen LogP contribution in [0.2, 0.25) is 0 Å². The minimum atomic E-state index is -0.606. The number of hydrogen-bond acceptors (Lipinski definition) is 6. The van der Waals surface area contributed by atoms with Gasteiger partial charge in [0.2, 0.25) is 12.0 Å². The van der Waals surface area contributed by atoms with Crippen LogP contribution >= 0.6 is 0 Å². The van der Waals surface area contributed by atoms with Crippen LogP contribution in [0, 0.1) is 6.92 Å². The monoisotopic (exact) mass is 329 g/mol. The summed E-state index contributed by atoms with van der Waals surface area (Å²) in [6.45, 7) is 3.30. The van der Waals surface area contributed by atoms with Gasteiger partial charge >= 0.3 is 0 Å². The van der Waals surface area contributed by atoms with Gasteiger partial charge in [0.25, 0.3) is 5.91 Å². The van der Waals surface area contributed by atoms with Gasteiger partial charge in [-0.3, -0.25) is 4.79 Å². The molecule has 2 unspecified atom stereocenters. The smallest absolute Gasteiger partial charge is 0.267 e. The molecule has 4 rings (SSSR count). The van der Waals surface area contributed by atoms with Crippen LogP contribution in [0.15, 0.2) is 28.8 Å². The molecule has 0 aliphatic carbocycles. The first-order valence-corrected chi connectivity index (χ1v) is 8.18. The third-order valence-corrected chi connectivity index (χ3v) is 4.43. The fourth-order valence-electron chi connectivity index (χ4n) is 3.21. The number of ether oxygens (including phenoxy) is 2. The molecule has 3 heterocycles. The third kappa shape index (κ3) is 2.81. The number of piperidine rings is 1. The lowest BCUT2D eigenvalue weighted by Gasteiger charge is -2.35. The van der Waals surface area contributed by atoms with Gasteiger partial charge in [0.1, 0.15) is 6.61 Å². The van der Waals surface area contributed by atoms with Crippen LogP contribution in [0.5, 0.6) is 11.5 Å². The summed E-state index contributed by atoms with van der Waals surface area (Å²) in [5.41, 5.74) is 0. The van der Waals surface area contributed by atoms with Crippen LogP contribution < -0.4 is 9.47 Å². The summed E-state index contributed by atoms with van der Waals surface area (Å²) in [7, 11) is 0. The van der Waals surface area contributed by atoms with Gasteiger partial charge in [-0.15, -0.1) is 0 Å². The zero-order valence-corrected chi connectivity index (χ0v) is 13.5. The van der Waals surface area contributed by atoms with Crippen LogP contribution in [-0.4, -0.2) is 46.7 Å². The number of nitrogens with zero attached hydrogens (tertiary/aromatic N) is 3. The maximum absolute atomic E-state index is 12.8. The number of aryl methyl sites for hydroxylation is 1. The number of likely N-dealkylation sites (tertiary alicyclic amines) is 1. The van der Waals surface area contributed by atoms with Gasteiger partial charge in [0.05, 0.1) is 0 Å². The first kappa shape index (κ1) is 15.0. The van der Waals surface area contributed by atoms with E-state index in [1.807, 2.05) is 29.2 Å².